The minimum Gasteiger partial charge on any atom is -0.395 e. The molecule has 2 aliphatic heterocycles. The highest BCUT2D eigenvalue weighted by Gasteiger charge is 2.50. The third kappa shape index (κ3) is 2.90. The van der Waals surface area contributed by atoms with Crippen LogP contribution in [-0.2, 0) is 4.79 Å². The Bertz CT molecular complexity index is 519. The lowest BCUT2D eigenvalue weighted by Crippen LogP contribution is -2.55. The van der Waals surface area contributed by atoms with Gasteiger partial charge in [-0.2, -0.15) is 0 Å². The molecule has 3 atom stereocenters. The molecule has 0 aromatic heterocycles. The minimum atomic E-state index is -0.201. The highest BCUT2D eigenvalue weighted by molar-refractivity contribution is 5.77. The lowest BCUT2D eigenvalue weighted by molar-refractivity contribution is -0.123. The van der Waals surface area contributed by atoms with Crippen molar-refractivity contribution in [3.8, 4) is 0 Å². The number of carbonyl (C=O) groups excluding carboxylic acids is 1. The largest absolute Gasteiger partial charge is 0.395 e. The van der Waals surface area contributed by atoms with Gasteiger partial charge in [0.05, 0.1) is 12.1 Å². The van der Waals surface area contributed by atoms with Gasteiger partial charge in [-0.05, 0) is 31.7 Å². The topological polar surface area (TPSA) is 52.6 Å². The Morgan fingerprint density at radius 2 is 2.09 bits per heavy atom. The molecule has 4 heteroatoms. The Labute approximate surface area is 132 Å². The first-order valence-corrected chi connectivity index (χ1v) is 8.36. The van der Waals surface area contributed by atoms with Crippen LogP contribution in [0.1, 0.15) is 50.6 Å². The van der Waals surface area contributed by atoms with E-state index in [9.17, 15) is 9.90 Å². The van der Waals surface area contributed by atoms with Gasteiger partial charge in [0.15, 0.2) is 0 Å². The van der Waals surface area contributed by atoms with Gasteiger partial charge in [0.1, 0.15) is 0 Å². The molecular weight excluding hydrogens is 276 g/mol. The zero-order valence-corrected chi connectivity index (χ0v) is 13.3. The van der Waals surface area contributed by atoms with Gasteiger partial charge in [0.2, 0.25) is 5.91 Å². The molecule has 2 heterocycles. The fraction of sp³-hybridized carbons (Fsp3) is 0.611. The molecule has 2 N–H and O–H groups in total. The Morgan fingerprint density at radius 3 is 2.82 bits per heavy atom. The number of benzene rings is 1. The normalized spacial score (nSPS) is 32.9. The number of likely N-dealkylation sites (tertiary alicyclic amines) is 1. The number of nitrogens with one attached hydrogen (secondary N) is 1. The Kier molecular flexibility index (Phi) is 4.50. The maximum Gasteiger partial charge on any atom is 0.220 e. The monoisotopic (exact) mass is 302 g/mol. The van der Waals surface area contributed by atoms with Crippen LogP contribution in [0.15, 0.2) is 30.3 Å². The van der Waals surface area contributed by atoms with Gasteiger partial charge in [-0.25, -0.2) is 0 Å². The van der Waals surface area contributed by atoms with Crippen LogP contribution in [0.3, 0.4) is 0 Å². The molecular formula is C18H26N2O2. The van der Waals surface area contributed by atoms with Crippen molar-refractivity contribution in [2.75, 3.05) is 13.2 Å². The summed E-state index contributed by atoms with van der Waals surface area (Å²) >= 11 is 0. The van der Waals surface area contributed by atoms with Gasteiger partial charge in [0.25, 0.3) is 0 Å². The van der Waals surface area contributed by atoms with Crippen molar-refractivity contribution in [1.82, 2.24) is 10.2 Å². The van der Waals surface area contributed by atoms with Gasteiger partial charge in [-0.1, -0.05) is 36.8 Å². The summed E-state index contributed by atoms with van der Waals surface area (Å²) < 4.78 is 0. The molecule has 2 aliphatic rings. The fourth-order valence-electron chi connectivity index (χ4n) is 4.27. The van der Waals surface area contributed by atoms with Crippen molar-refractivity contribution < 1.29 is 9.90 Å². The lowest BCUT2D eigenvalue weighted by atomic mass is 9.85. The van der Waals surface area contributed by atoms with Crippen LogP contribution in [0.5, 0.6) is 0 Å². The van der Waals surface area contributed by atoms with Crippen molar-refractivity contribution in [2.24, 2.45) is 0 Å². The molecule has 22 heavy (non-hydrogen) atoms. The Balaban J connectivity index is 1.93. The van der Waals surface area contributed by atoms with Crippen molar-refractivity contribution in [2.45, 2.75) is 56.7 Å². The van der Waals surface area contributed by atoms with Crippen molar-refractivity contribution >= 4 is 5.91 Å². The van der Waals surface area contributed by atoms with Crippen molar-refractivity contribution in [3.63, 3.8) is 0 Å². The number of hydrogen-bond donors (Lipinski definition) is 2. The third-order valence-corrected chi connectivity index (χ3v) is 5.25. The van der Waals surface area contributed by atoms with E-state index in [4.69, 9.17) is 0 Å². The molecule has 3 rings (SSSR count). The maximum atomic E-state index is 12.1. The second-order valence-corrected chi connectivity index (χ2v) is 6.82. The number of rotatable bonds is 3. The Hall–Kier alpha value is -1.39. The summed E-state index contributed by atoms with van der Waals surface area (Å²) in [5.74, 6) is 0.171. The van der Waals surface area contributed by atoms with E-state index in [2.05, 4.69) is 41.4 Å². The zero-order valence-electron chi connectivity index (χ0n) is 13.3. The van der Waals surface area contributed by atoms with E-state index in [-0.39, 0.29) is 24.1 Å². The molecule has 0 saturated carbocycles. The predicted octanol–water partition coefficient (Wildman–Crippen LogP) is 2.24. The van der Waals surface area contributed by atoms with Gasteiger partial charge in [-0.3, -0.25) is 9.69 Å². The smallest absolute Gasteiger partial charge is 0.220 e. The van der Waals surface area contributed by atoms with E-state index in [0.29, 0.717) is 19.0 Å². The average molecular weight is 302 g/mol. The first-order chi connectivity index (χ1) is 10.6. The zero-order chi connectivity index (χ0) is 15.6. The van der Waals surface area contributed by atoms with Crippen molar-refractivity contribution in [3.05, 3.63) is 35.9 Å². The van der Waals surface area contributed by atoms with Gasteiger partial charge >= 0.3 is 0 Å². The molecule has 0 radical (unpaired) electrons. The maximum absolute atomic E-state index is 12.1. The summed E-state index contributed by atoms with van der Waals surface area (Å²) in [7, 11) is 0. The first kappa shape index (κ1) is 15.5. The molecule has 1 aromatic rings. The summed E-state index contributed by atoms with van der Waals surface area (Å²) in [4.78, 5) is 14.5. The number of aliphatic hydroxyl groups is 1. The van der Waals surface area contributed by atoms with Crippen LogP contribution in [0, 0.1) is 0 Å². The molecule has 2 saturated heterocycles. The van der Waals surface area contributed by atoms with Gasteiger partial charge in [0, 0.05) is 25.0 Å². The van der Waals surface area contributed by atoms with E-state index in [1.807, 2.05) is 6.07 Å². The van der Waals surface area contributed by atoms with Crippen LogP contribution in [0.25, 0.3) is 0 Å². The van der Waals surface area contributed by atoms with Crippen LogP contribution < -0.4 is 5.32 Å². The van der Waals surface area contributed by atoms with Crippen LogP contribution >= 0.6 is 0 Å². The van der Waals surface area contributed by atoms with E-state index >= 15 is 0 Å². The number of amides is 1. The van der Waals surface area contributed by atoms with E-state index < -0.39 is 0 Å². The van der Waals surface area contributed by atoms with E-state index in [1.165, 1.54) is 5.56 Å². The number of fused-ring (bicyclic) bond motifs is 1. The minimum absolute atomic E-state index is 0.157. The Morgan fingerprint density at radius 1 is 1.32 bits per heavy atom. The van der Waals surface area contributed by atoms with Crippen LogP contribution in [0.4, 0.5) is 0 Å². The molecule has 120 valence electrons. The molecule has 1 aromatic carbocycles. The molecule has 0 unspecified atom stereocenters. The molecule has 2 fully saturated rings. The molecule has 0 bridgehead atoms. The standard InChI is InChI=1S/C18H26N2O2/c1-18-13-15(14-7-3-2-4-8-14)20(11-12-21)16(18)9-5-6-10-17(22)19-18/h2-4,7-8,15-16,21H,5-6,9-13H2,1H3,(H,19,22)/t15-,16-,18-/m0/s1. The summed E-state index contributed by atoms with van der Waals surface area (Å²) in [6, 6.07) is 11.0. The highest BCUT2D eigenvalue weighted by atomic mass is 16.3. The first-order valence-electron chi connectivity index (χ1n) is 8.36. The number of β-amino-alcohol motifs (C(OH)–C–C–N with tert-alkyl or cyclic N) is 1. The third-order valence-electron chi connectivity index (χ3n) is 5.25. The second kappa shape index (κ2) is 6.39. The summed E-state index contributed by atoms with van der Waals surface area (Å²) in [6.07, 6.45) is 4.67. The SMILES string of the molecule is C[C@]12C[C@@H](c3ccccc3)N(CCO)[C@H]1CCCCC(=O)N2. The molecule has 0 spiro atoms. The predicted molar refractivity (Wildman–Crippen MR) is 86.4 cm³/mol. The van der Waals surface area contributed by atoms with E-state index in [0.717, 1.165) is 25.7 Å². The second-order valence-electron chi connectivity index (χ2n) is 6.82. The number of carbonyl (C=O) groups is 1. The lowest BCUT2D eigenvalue weighted by Gasteiger charge is -2.38. The van der Waals surface area contributed by atoms with Crippen LogP contribution in [0.2, 0.25) is 0 Å². The number of aliphatic hydroxyl groups excluding tert-OH is 1. The summed E-state index contributed by atoms with van der Waals surface area (Å²) in [6.45, 7) is 2.99. The van der Waals surface area contributed by atoms with Crippen molar-refractivity contribution in [1.29, 1.82) is 0 Å². The fourth-order valence-corrected chi connectivity index (χ4v) is 4.27. The van der Waals surface area contributed by atoms with Gasteiger partial charge in [-0.15, -0.1) is 0 Å². The molecule has 0 aliphatic carbocycles. The summed E-state index contributed by atoms with van der Waals surface area (Å²) in [5.41, 5.74) is 1.07. The van der Waals surface area contributed by atoms with Crippen LogP contribution in [-0.4, -0.2) is 40.6 Å². The number of hydrogen-bond acceptors (Lipinski definition) is 3. The molecule has 4 nitrogen and oxygen atoms in total. The average Bonchev–Trinajstić information content (AvgIpc) is 2.75. The number of nitrogens with zero attached hydrogens (tertiary/aromatic N) is 1. The molecule has 1 amide bonds. The highest BCUT2D eigenvalue weighted by Crippen LogP contribution is 2.44. The van der Waals surface area contributed by atoms with E-state index in [1.54, 1.807) is 0 Å². The van der Waals surface area contributed by atoms with Gasteiger partial charge < -0.3 is 10.4 Å². The summed E-state index contributed by atoms with van der Waals surface area (Å²) in [5, 5.41) is 12.8. The quantitative estimate of drug-likeness (QED) is 0.900.